The molecule has 5 heteroatoms. The van der Waals surface area contributed by atoms with Crippen LogP contribution in [0.15, 0.2) is 22.7 Å². The van der Waals surface area contributed by atoms with Crippen molar-refractivity contribution in [1.82, 2.24) is 10.1 Å². The predicted octanol–water partition coefficient (Wildman–Crippen LogP) is 4.30. The minimum absolute atomic E-state index is 0.0768. The van der Waals surface area contributed by atoms with Crippen LogP contribution in [0.3, 0.4) is 0 Å². The predicted molar refractivity (Wildman–Crippen MR) is 96.6 cm³/mol. The van der Waals surface area contributed by atoms with Gasteiger partial charge in [0, 0.05) is 13.1 Å². The zero-order valence-corrected chi connectivity index (χ0v) is 15.6. The molecule has 0 aliphatic carbocycles. The summed E-state index contributed by atoms with van der Waals surface area (Å²) in [5.41, 5.74) is 3.11. The molecule has 0 spiro atoms. The van der Waals surface area contributed by atoms with Crippen LogP contribution in [-0.2, 0) is 6.61 Å². The standard InChI is InChI=1S/C20H26N2O3/c1-12(2)9-22(10-13(3)4)20(23)18-16-11-24-17-7-6-14(5)8-15(17)19(16)25-21-18/h6-8,12-13H,9-11H2,1-5H3. The number of amides is 1. The third kappa shape index (κ3) is 3.55. The SMILES string of the molecule is Cc1ccc2c(c1)-c1onc(C(=O)N(CC(C)C)CC(C)C)c1CO2. The van der Waals surface area contributed by atoms with Crippen LogP contribution in [0, 0.1) is 18.8 Å². The van der Waals surface area contributed by atoms with Crippen molar-refractivity contribution in [2.24, 2.45) is 11.8 Å². The molecule has 25 heavy (non-hydrogen) atoms. The number of ether oxygens (including phenoxy) is 1. The van der Waals surface area contributed by atoms with Crippen molar-refractivity contribution >= 4 is 5.91 Å². The lowest BCUT2D eigenvalue weighted by atomic mass is 10.0. The molecule has 1 aliphatic rings. The summed E-state index contributed by atoms with van der Waals surface area (Å²) in [6.07, 6.45) is 0. The lowest BCUT2D eigenvalue weighted by Gasteiger charge is -2.26. The molecule has 1 aliphatic heterocycles. The highest BCUT2D eigenvalue weighted by molar-refractivity contribution is 5.95. The van der Waals surface area contributed by atoms with E-state index in [1.807, 2.05) is 30.0 Å². The van der Waals surface area contributed by atoms with Crippen LogP contribution in [0.5, 0.6) is 5.75 Å². The highest BCUT2D eigenvalue weighted by Gasteiger charge is 2.31. The van der Waals surface area contributed by atoms with Crippen molar-refractivity contribution in [2.45, 2.75) is 41.2 Å². The highest BCUT2D eigenvalue weighted by Crippen LogP contribution is 2.39. The molecule has 0 saturated carbocycles. The van der Waals surface area contributed by atoms with Gasteiger partial charge in [-0.1, -0.05) is 44.5 Å². The van der Waals surface area contributed by atoms with Crippen LogP contribution in [0.4, 0.5) is 0 Å². The number of aromatic nitrogens is 1. The molecule has 2 heterocycles. The van der Waals surface area contributed by atoms with Gasteiger partial charge >= 0.3 is 0 Å². The fraction of sp³-hybridized carbons (Fsp3) is 0.500. The van der Waals surface area contributed by atoms with E-state index in [4.69, 9.17) is 9.26 Å². The number of hydrogen-bond donors (Lipinski definition) is 0. The van der Waals surface area contributed by atoms with Crippen LogP contribution >= 0.6 is 0 Å². The number of benzene rings is 1. The lowest BCUT2D eigenvalue weighted by molar-refractivity contribution is 0.0702. The molecule has 0 unspecified atom stereocenters. The van der Waals surface area contributed by atoms with Crippen LogP contribution in [0.2, 0.25) is 0 Å². The first-order chi connectivity index (χ1) is 11.9. The average molecular weight is 342 g/mol. The summed E-state index contributed by atoms with van der Waals surface area (Å²) in [4.78, 5) is 14.9. The molecule has 0 N–H and O–H groups in total. The second-order valence-electron chi connectivity index (χ2n) is 7.62. The van der Waals surface area contributed by atoms with Crippen molar-refractivity contribution in [3.8, 4) is 17.1 Å². The zero-order chi connectivity index (χ0) is 18.1. The second kappa shape index (κ2) is 6.90. The Morgan fingerprint density at radius 2 is 1.88 bits per heavy atom. The number of fused-ring (bicyclic) bond motifs is 3. The normalized spacial score (nSPS) is 12.8. The van der Waals surface area contributed by atoms with Crippen LogP contribution < -0.4 is 4.74 Å². The molecule has 3 rings (SSSR count). The van der Waals surface area contributed by atoms with Gasteiger partial charge < -0.3 is 14.2 Å². The summed E-state index contributed by atoms with van der Waals surface area (Å²) in [5.74, 6) is 2.14. The van der Waals surface area contributed by atoms with Gasteiger partial charge in [-0.2, -0.15) is 0 Å². The number of carbonyl (C=O) groups is 1. The molecule has 5 nitrogen and oxygen atoms in total. The van der Waals surface area contributed by atoms with E-state index < -0.39 is 0 Å². The summed E-state index contributed by atoms with van der Waals surface area (Å²) in [5, 5.41) is 4.12. The number of hydrogen-bond acceptors (Lipinski definition) is 4. The molecule has 1 amide bonds. The Labute approximate surface area is 148 Å². The van der Waals surface area contributed by atoms with Crippen LogP contribution in [-0.4, -0.2) is 29.1 Å². The van der Waals surface area contributed by atoms with Crippen molar-refractivity contribution in [2.75, 3.05) is 13.1 Å². The Kier molecular flexibility index (Phi) is 4.84. The van der Waals surface area contributed by atoms with Gasteiger partial charge in [0.25, 0.3) is 5.91 Å². The number of carbonyl (C=O) groups excluding carboxylic acids is 1. The molecular formula is C20H26N2O3. The molecular weight excluding hydrogens is 316 g/mol. The number of aryl methyl sites for hydroxylation is 1. The molecule has 0 fully saturated rings. The van der Waals surface area contributed by atoms with E-state index in [9.17, 15) is 4.79 Å². The molecule has 0 radical (unpaired) electrons. The molecule has 1 aromatic carbocycles. The summed E-state index contributed by atoms with van der Waals surface area (Å²) >= 11 is 0. The van der Waals surface area contributed by atoms with Gasteiger partial charge in [0.15, 0.2) is 11.5 Å². The topological polar surface area (TPSA) is 55.6 Å². The zero-order valence-electron chi connectivity index (χ0n) is 15.6. The second-order valence-corrected chi connectivity index (χ2v) is 7.62. The summed E-state index contributed by atoms with van der Waals surface area (Å²) in [7, 11) is 0. The first-order valence-corrected chi connectivity index (χ1v) is 8.88. The van der Waals surface area contributed by atoms with Gasteiger partial charge in [-0.15, -0.1) is 0 Å². The smallest absolute Gasteiger partial charge is 0.276 e. The Hall–Kier alpha value is -2.30. The van der Waals surface area contributed by atoms with Crippen LogP contribution in [0.25, 0.3) is 11.3 Å². The first-order valence-electron chi connectivity index (χ1n) is 8.88. The van der Waals surface area contributed by atoms with Crippen molar-refractivity contribution in [1.29, 1.82) is 0 Å². The Balaban J connectivity index is 1.95. The summed E-state index contributed by atoms with van der Waals surface area (Å²) in [6, 6.07) is 5.94. The summed E-state index contributed by atoms with van der Waals surface area (Å²) in [6.45, 7) is 12.2. The van der Waals surface area contributed by atoms with E-state index >= 15 is 0 Å². The Morgan fingerprint density at radius 1 is 1.20 bits per heavy atom. The highest BCUT2D eigenvalue weighted by atomic mass is 16.5. The first kappa shape index (κ1) is 17.5. The molecule has 1 aromatic heterocycles. The van der Waals surface area contributed by atoms with Crippen molar-refractivity contribution in [3.63, 3.8) is 0 Å². The van der Waals surface area contributed by atoms with Gasteiger partial charge in [0.1, 0.15) is 12.4 Å². The maximum atomic E-state index is 13.1. The van der Waals surface area contributed by atoms with E-state index in [1.54, 1.807) is 0 Å². The Morgan fingerprint density at radius 3 is 2.52 bits per heavy atom. The van der Waals surface area contributed by atoms with E-state index in [1.165, 1.54) is 0 Å². The van der Waals surface area contributed by atoms with Gasteiger partial charge in [-0.05, 0) is 30.9 Å². The van der Waals surface area contributed by atoms with E-state index in [-0.39, 0.29) is 5.91 Å². The minimum Gasteiger partial charge on any atom is -0.488 e. The van der Waals surface area contributed by atoms with Gasteiger partial charge in [-0.3, -0.25) is 4.79 Å². The van der Waals surface area contributed by atoms with Gasteiger partial charge in [0.05, 0.1) is 11.1 Å². The quantitative estimate of drug-likeness (QED) is 0.813. The van der Waals surface area contributed by atoms with E-state index in [2.05, 4.69) is 32.9 Å². The molecule has 2 aromatic rings. The van der Waals surface area contributed by atoms with Crippen molar-refractivity contribution in [3.05, 3.63) is 35.0 Å². The number of nitrogens with zero attached hydrogens (tertiary/aromatic N) is 2. The van der Waals surface area contributed by atoms with Gasteiger partial charge in [-0.25, -0.2) is 0 Å². The van der Waals surface area contributed by atoms with Gasteiger partial charge in [0.2, 0.25) is 0 Å². The number of rotatable bonds is 5. The minimum atomic E-state index is -0.0768. The largest absolute Gasteiger partial charge is 0.488 e. The Bertz CT molecular complexity index is 767. The van der Waals surface area contributed by atoms with Crippen molar-refractivity contribution < 1.29 is 14.1 Å². The lowest BCUT2D eigenvalue weighted by Crippen LogP contribution is -2.37. The maximum Gasteiger partial charge on any atom is 0.276 e. The monoisotopic (exact) mass is 342 g/mol. The van der Waals surface area contributed by atoms with Crippen LogP contribution in [0.1, 0.15) is 49.3 Å². The molecule has 0 bridgehead atoms. The molecule has 134 valence electrons. The summed E-state index contributed by atoms with van der Waals surface area (Å²) < 4.78 is 11.4. The maximum absolute atomic E-state index is 13.1. The van der Waals surface area contributed by atoms with E-state index in [0.29, 0.717) is 43.0 Å². The third-order valence-corrected chi connectivity index (χ3v) is 4.20. The average Bonchev–Trinajstić information content (AvgIpc) is 2.97. The fourth-order valence-electron chi connectivity index (χ4n) is 3.19. The molecule has 0 atom stereocenters. The third-order valence-electron chi connectivity index (χ3n) is 4.20. The fourth-order valence-corrected chi connectivity index (χ4v) is 3.19. The molecule has 0 saturated heterocycles. The van der Waals surface area contributed by atoms with E-state index in [0.717, 1.165) is 22.4 Å².